The lowest BCUT2D eigenvalue weighted by Gasteiger charge is -2.08. The number of hydrogen-bond acceptors (Lipinski definition) is 3. The summed E-state index contributed by atoms with van der Waals surface area (Å²) >= 11 is 0. The lowest BCUT2D eigenvalue weighted by molar-refractivity contribution is 0.147. The summed E-state index contributed by atoms with van der Waals surface area (Å²) in [5.41, 5.74) is 3.89. The SMILES string of the molecule is Nc1[nH]c(=O)cc(CO)c1C(F)F. The van der Waals surface area contributed by atoms with E-state index in [0.717, 1.165) is 6.07 Å². The zero-order valence-electron chi connectivity index (χ0n) is 6.55. The average molecular weight is 190 g/mol. The van der Waals surface area contributed by atoms with Crippen LogP contribution in [0.1, 0.15) is 17.6 Å². The molecule has 1 aromatic rings. The number of aromatic nitrogens is 1. The summed E-state index contributed by atoms with van der Waals surface area (Å²) in [6.45, 7) is -0.631. The van der Waals surface area contributed by atoms with Gasteiger partial charge >= 0.3 is 0 Å². The van der Waals surface area contributed by atoms with Gasteiger partial charge in [-0.2, -0.15) is 0 Å². The first-order valence-electron chi connectivity index (χ1n) is 3.47. The molecular formula is C7H8F2N2O2. The highest BCUT2D eigenvalue weighted by Crippen LogP contribution is 2.25. The molecule has 0 atom stereocenters. The van der Waals surface area contributed by atoms with Crippen molar-refractivity contribution in [3.63, 3.8) is 0 Å². The molecule has 0 amide bonds. The Morgan fingerprint density at radius 1 is 1.62 bits per heavy atom. The monoisotopic (exact) mass is 190 g/mol. The third-order valence-electron chi connectivity index (χ3n) is 1.59. The van der Waals surface area contributed by atoms with Crippen molar-refractivity contribution in [1.29, 1.82) is 0 Å². The number of hydrogen-bond donors (Lipinski definition) is 3. The highest BCUT2D eigenvalue weighted by molar-refractivity contribution is 5.44. The number of nitrogens with two attached hydrogens (primary N) is 1. The summed E-state index contributed by atoms with van der Waals surface area (Å²) in [7, 11) is 0. The van der Waals surface area contributed by atoms with Gasteiger partial charge in [0.25, 0.3) is 6.43 Å². The highest BCUT2D eigenvalue weighted by atomic mass is 19.3. The molecule has 0 fully saturated rings. The summed E-state index contributed by atoms with van der Waals surface area (Å²) in [6.07, 6.45) is -2.81. The van der Waals surface area contributed by atoms with Crippen LogP contribution in [0.4, 0.5) is 14.6 Å². The summed E-state index contributed by atoms with van der Waals surface area (Å²) in [5, 5.41) is 8.67. The van der Waals surface area contributed by atoms with Gasteiger partial charge in [-0.15, -0.1) is 0 Å². The Bertz CT molecular complexity index is 362. The molecule has 1 rings (SSSR count). The van der Waals surface area contributed by atoms with E-state index in [1.165, 1.54) is 0 Å². The minimum Gasteiger partial charge on any atom is -0.392 e. The number of aromatic amines is 1. The molecule has 0 aromatic carbocycles. The van der Waals surface area contributed by atoms with Gasteiger partial charge in [0.05, 0.1) is 12.2 Å². The van der Waals surface area contributed by atoms with Gasteiger partial charge in [-0.25, -0.2) is 8.78 Å². The fourth-order valence-corrected chi connectivity index (χ4v) is 1.03. The van der Waals surface area contributed by atoms with Crippen LogP contribution >= 0.6 is 0 Å². The maximum Gasteiger partial charge on any atom is 0.267 e. The van der Waals surface area contributed by atoms with Crippen molar-refractivity contribution in [1.82, 2.24) is 4.98 Å². The standard InChI is InChI=1S/C7H8F2N2O2/c8-6(9)5-3(2-12)1-4(13)11-7(5)10/h1,6,12H,2H2,(H3,10,11,13). The van der Waals surface area contributed by atoms with Crippen LogP contribution in [0.15, 0.2) is 10.9 Å². The van der Waals surface area contributed by atoms with Crippen LogP contribution in [0.2, 0.25) is 0 Å². The summed E-state index contributed by atoms with van der Waals surface area (Å²) in [4.78, 5) is 12.8. The van der Waals surface area contributed by atoms with E-state index >= 15 is 0 Å². The van der Waals surface area contributed by atoms with E-state index in [-0.39, 0.29) is 5.56 Å². The smallest absolute Gasteiger partial charge is 0.267 e. The minimum atomic E-state index is -2.81. The number of halogens is 2. The first-order chi connectivity index (χ1) is 6.06. The first kappa shape index (κ1) is 9.66. The maximum atomic E-state index is 12.3. The van der Waals surface area contributed by atoms with Crippen LogP contribution in [0.3, 0.4) is 0 Å². The van der Waals surface area contributed by atoms with Crippen LogP contribution in [0.25, 0.3) is 0 Å². The Balaban J connectivity index is 3.38. The first-order valence-corrected chi connectivity index (χ1v) is 3.47. The number of H-pyrrole nitrogens is 1. The van der Waals surface area contributed by atoms with Crippen molar-refractivity contribution in [3.05, 3.63) is 27.5 Å². The molecule has 0 radical (unpaired) electrons. The van der Waals surface area contributed by atoms with E-state index in [0.29, 0.717) is 0 Å². The zero-order valence-corrected chi connectivity index (χ0v) is 6.55. The average Bonchev–Trinajstić information content (AvgIpc) is 2.01. The Kier molecular flexibility index (Phi) is 2.62. The van der Waals surface area contributed by atoms with Gasteiger partial charge in [-0.05, 0) is 5.56 Å². The molecule has 4 nitrogen and oxygen atoms in total. The van der Waals surface area contributed by atoms with Gasteiger partial charge < -0.3 is 15.8 Å². The molecule has 1 aromatic heterocycles. The minimum absolute atomic E-state index is 0.142. The van der Waals surface area contributed by atoms with Crippen LogP contribution in [0.5, 0.6) is 0 Å². The van der Waals surface area contributed by atoms with Gasteiger partial charge in [-0.1, -0.05) is 0 Å². The molecular weight excluding hydrogens is 182 g/mol. The molecule has 0 spiro atoms. The van der Waals surface area contributed by atoms with E-state index in [4.69, 9.17) is 10.8 Å². The quantitative estimate of drug-likeness (QED) is 0.631. The molecule has 0 aliphatic rings. The maximum absolute atomic E-state index is 12.3. The third-order valence-corrected chi connectivity index (χ3v) is 1.59. The second-order valence-corrected chi connectivity index (χ2v) is 2.44. The van der Waals surface area contributed by atoms with E-state index in [9.17, 15) is 13.6 Å². The van der Waals surface area contributed by atoms with Crippen LogP contribution in [0, 0.1) is 0 Å². The molecule has 72 valence electrons. The fraction of sp³-hybridized carbons (Fsp3) is 0.286. The largest absolute Gasteiger partial charge is 0.392 e. The van der Waals surface area contributed by atoms with Crippen molar-refractivity contribution in [3.8, 4) is 0 Å². The number of aliphatic hydroxyl groups is 1. The third kappa shape index (κ3) is 1.83. The molecule has 1 heterocycles. The van der Waals surface area contributed by atoms with Crippen LogP contribution in [-0.2, 0) is 6.61 Å². The summed E-state index contributed by atoms with van der Waals surface area (Å²) in [6, 6.07) is 0.901. The van der Waals surface area contributed by atoms with Crippen molar-refractivity contribution in [2.24, 2.45) is 0 Å². The summed E-state index contributed by atoms with van der Waals surface area (Å²) < 4.78 is 24.6. The number of anilines is 1. The second-order valence-electron chi connectivity index (χ2n) is 2.44. The molecule has 13 heavy (non-hydrogen) atoms. The molecule has 0 saturated carbocycles. The molecule has 0 saturated heterocycles. The highest BCUT2D eigenvalue weighted by Gasteiger charge is 2.17. The summed E-state index contributed by atoms with van der Waals surface area (Å²) in [5.74, 6) is -0.397. The van der Waals surface area contributed by atoms with Gasteiger partial charge in [0.1, 0.15) is 5.82 Å². The Labute approximate surface area is 72.0 Å². The molecule has 0 aliphatic carbocycles. The zero-order chi connectivity index (χ0) is 10.0. The number of rotatable bonds is 2. The van der Waals surface area contributed by atoms with Gasteiger partial charge in [-0.3, -0.25) is 4.79 Å². The number of pyridine rings is 1. The fourth-order valence-electron chi connectivity index (χ4n) is 1.03. The van der Waals surface area contributed by atoms with E-state index in [1.54, 1.807) is 0 Å². The Morgan fingerprint density at radius 2 is 2.23 bits per heavy atom. The number of alkyl halides is 2. The molecule has 0 bridgehead atoms. The van der Waals surface area contributed by atoms with Crippen molar-refractivity contribution >= 4 is 5.82 Å². The van der Waals surface area contributed by atoms with Gasteiger partial charge in [0, 0.05) is 6.07 Å². The number of nitrogens with one attached hydrogen (secondary N) is 1. The lowest BCUT2D eigenvalue weighted by Crippen LogP contribution is -2.13. The van der Waals surface area contributed by atoms with Gasteiger partial charge in [0.15, 0.2) is 0 Å². The topological polar surface area (TPSA) is 79.1 Å². The van der Waals surface area contributed by atoms with Crippen molar-refractivity contribution in [2.45, 2.75) is 13.0 Å². The predicted molar refractivity (Wildman–Crippen MR) is 42.4 cm³/mol. The van der Waals surface area contributed by atoms with Crippen LogP contribution < -0.4 is 11.3 Å². The van der Waals surface area contributed by atoms with Crippen molar-refractivity contribution in [2.75, 3.05) is 5.73 Å². The number of aliphatic hydroxyl groups excluding tert-OH is 1. The second kappa shape index (κ2) is 3.53. The van der Waals surface area contributed by atoms with Gasteiger partial charge in [0.2, 0.25) is 5.56 Å². The van der Waals surface area contributed by atoms with E-state index in [2.05, 4.69) is 0 Å². The molecule has 6 heteroatoms. The predicted octanol–water partition coefficient (Wildman–Crippen LogP) is 0.387. The molecule has 0 aliphatic heterocycles. The lowest BCUT2D eigenvalue weighted by atomic mass is 10.1. The van der Waals surface area contributed by atoms with E-state index < -0.39 is 30.0 Å². The Hall–Kier alpha value is -1.43. The normalized spacial score (nSPS) is 10.8. The number of nitrogen functional groups attached to an aromatic ring is 1. The molecule has 4 N–H and O–H groups in total. The van der Waals surface area contributed by atoms with Crippen molar-refractivity contribution < 1.29 is 13.9 Å². The Morgan fingerprint density at radius 3 is 2.69 bits per heavy atom. The van der Waals surface area contributed by atoms with Crippen LogP contribution in [-0.4, -0.2) is 10.1 Å². The molecule has 0 unspecified atom stereocenters. The van der Waals surface area contributed by atoms with E-state index in [1.807, 2.05) is 4.98 Å².